The number of likely N-dealkylation sites (tertiary alicyclic amines) is 1. The summed E-state index contributed by atoms with van der Waals surface area (Å²) < 4.78 is 69.7. The Kier molecular flexibility index (Phi) is 11.3. The number of rotatable bonds is 4. The maximum Gasteiger partial charge on any atom is 0.490 e. The molecular weight excluding hydrogens is 552 g/mol. The number of thiazole rings is 1. The van der Waals surface area contributed by atoms with E-state index in [1.807, 2.05) is 17.5 Å². The number of hydrogen-bond acceptors (Lipinski definition) is 8. The Morgan fingerprint density at radius 2 is 1.54 bits per heavy atom. The second kappa shape index (κ2) is 13.5. The van der Waals surface area contributed by atoms with Crippen molar-refractivity contribution in [2.24, 2.45) is 0 Å². The van der Waals surface area contributed by atoms with Crippen molar-refractivity contribution in [1.29, 1.82) is 0 Å². The minimum absolute atomic E-state index is 0.0709. The summed E-state index contributed by atoms with van der Waals surface area (Å²) in [5.41, 5.74) is 0.0709. The minimum atomic E-state index is -5.08. The summed E-state index contributed by atoms with van der Waals surface area (Å²) in [7, 11) is 0. The Labute approximate surface area is 216 Å². The molecule has 0 aromatic carbocycles. The van der Waals surface area contributed by atoms with Crippen LogP contribution in [0.4, 0.5) is 26.3 Å². The highest BCUT2D eigenvalue weighted by Crippen LogP contribution is 2.31. The van der Waals surface area contributed by atoms with Gasteiger partial charge in [-0.05, 0) is 24.3 Å². The highest BCUT2D eigenvalue weighted by molar-refractivity contribution is 7.10. The Hall–Kier alpha value is -2.27. The van der Waals surface area contributed by atoms with E-state index in [1.165, 1.54) is 9.88 Å². The molecule has 0 saturated carbocycles. The first kappa shape index (κ1) is 31.0. The highest BCUT2D eigenvalue weighted by atomic mass is 32.1. The number of alkyl halides is 6. The fraction of sp³-hybridized carbons (Fsp3) is 0.571. The number of carboxylic acid groups (broad SMARTS) is 2. The summed E-state index contributed by atoms with van der Waals surface area (Å²) in [6.45, 7) is 7.29. The number of nitrogens with zero attached hydrogens (tertiary/aromatic N) is 3. The van der Waals surface area contributed by atoms with Crippen LogP contribution in [0, 0.1) is 0 Å². The van der Waals surface area contributed by atoms with Crippen molar-refractivity contribution < 1.29 is 50.9 Å². The van der Waals surface area contributed by atoms with E-state index >= 15 is 0 Å². The van der Waals surface area contributed by atoms with Crippen LogP contribution in [0.15, 0.2) is 29.1 Å². The zero-order chi connectivity index (χ0) is 27.7. The molecule has 2 aromatic heterocycles. The number of ether oxygens (including phenoxy) is 1. The topological polar surface area (TPSA) is 103 Å². The average molecular weight is 578 g/mol. The van der Waals surface area contributed by atoms with E-state index in [0.29, 0.717) is 0 Å². The highest BCUT2D eigenvalue weighted by Gasteiger charge is 2.40. The third-order valence-electron chi connectivity index (χ3n) is 5.38. The van der Waals surface area contributed by atoms with E-state index in [1.54, 1.807) is 11.3 Å². The van der Waals surface area contributed by atoms with Gasteiger partial charge in [0.2, 0.25) is 0 Å². The summed E-state index contributed by atoms with van der Waals surface area (Å²) in [6, 6.07) is 4.38. The van der Waals surface area contributed by atoms with Crippen LogP contribution in [-0.2, 0) is 27.4 Å². The molecule has 0 amide bonds. The predicted octanol–water partition coefficient (Wildman–Crippen LogP) is 4.34. The van der Waals surface area contributed by atoms with Crippen molar-refractivity contribution >= 4 is 34.6 Å². The normalized spacial score (nSPS) is 18.3. The van der Waals surface area contributed by atoms with Crippen molar-refractivity contribution in [2.45, 2.75) is 43.9 Å². The van der Waals surface area contributed by atoms with Gasteiger partial charge in [0.15, 0.2) is 0 Å². The molecule has 0 bridgehead atoms. The summed E-state index contributed by atoms with van der Waals surface area (Å²) in [5.74, 6) is -5.51. The van der Waals surface area contributed by atoms with E-state index in [0.717, 1.165) is 58.7 Å². The molecule has 2 aliphatic rings. The summed E-state index contributed by atoms with van der Waals surface area (Å²) in [4.78, 5) is 28.8. The zero-order valence-electron chi connectivity index (χ0n) is 19.3. The van der Waals surface area contributed by atoms with Crippen molar-refractivity contribution in [3.63, 3.8) is 0 Å². The molecular formula is C21H25F6N3O5S2. The van der Waals surface area contributed by atoms with Crippen LogP contribution in [-0.4, -0.2) is 87.7 Å². The molecule has 4 rings (SSSR count). The fourth-order valence-corrected chi connectivity index (χ4v) is 5.03. The monoisotopic (exact) mass is 577 g/mol. The van der Waals surface area contributed by atoms with Gasteiger partial charge in [-0.2, -0.15) is 26.3 Å². The molecule has 4 heterocycles. The van der Waals surface area contributed by atoms with E-state index in [2.05, 4.69) is 37.7 Å². The lowest BCUT2D eigenvalue weighted by atomic mass is 9.89. The lowest BCUT2D eigenvalue weighted by molar-refractivity contribution is -0.193. The van der Waals surface area contributed by atoms with E-state index in [-0.39, 0.29) is 5.60 Å². The summed E-state index contributed by atoms with van der Waals surface area (Å²) in [6.07, 6.45) is -5.97. The minimum Gasteiger partial charge on any atom is -0.475 e. The van der Waals surface area contributed by atoms with Gasteiger partial charge in [-0.15, -0.1) is 22.7 Å². The smallest absolute Gasteiger partial charge is 0.475 e. The van der Waals surface area contributed by atoms with Crippen LogP contribution >= 0.6 is 22.7 Å². The maximum absolute atomic E-state index is 10.6. The number of morpholine rings is 1. The number of thiophene rings is 1. The first-order valence-electron chi connectivity index (χ1n) is 10.8. The SMILES string of the molecule is O=C(O)C(F)(F)F.O=C(O)C(F)(F)F.c1csc(CN2CCC3(CC2)CN(Cc2nccs2)CCO3)c1. The second-order valence-corrected chi connectivity index (χ2v) is 10.1. The van der Waals surface area contributed by atoms with Gasteiger partial charge < -0.3 is 14.9 Å². The van der Waals surface area contributed by atoms with Gasteiger partial charge in [0.05, 0.1) is 18.8 Å². The largest absolute Gasteiger partial charge is 0.490 e. The summed E-state index contributed by atoms with van der Waals surface area (Å²) >= 11 is 3.61. The molecule has 208 valence electrons. The number of carbonyl (C=O) groups is 2. The molecule has 0 unspecified atom stereocenters. The quantitative estimate of drug-likeness (QED) is 0.518. The molecule has 0 atom stereocenters. The molecule has 2 fully saturated rings. The first-order chi connectivity index (χ1) is 17.2. The first-order valence-corrected chi connectivity index (χ1v) is 12.6. The third-order valence-corrected chi connectivity index (χ3v) is 7.01. The van der Waals surface area contributed by atoms with Crippen molar-refractivity contribution in [3.05, 3.63) is 39.0 Å². The van der Waals surface area contributed by atoms with Crippen molar-refractivity contribution in [2.75, 3.05) is 32.8 Å². The number of hydrogen-bond donors (Lipinski definition) is 2. The molecule has 16 heteroatoms. The lowest BCUT2D eigenvalue weighted by Gasteiger charge is -2.47. The Bertz CT molecular complexity index is 938. The standard InChI is InChI=1S/C17H23N3OS2.2C2HF3O2/c1-2-15(22-10-1)12-19-6-3-17(4-7-19)14-20(8-9-21-17)13-16-18-5-11-23-16;2*3-2(4,5)1(6)7/h1-2,5,10-11H,3-4,6-9,12-14H2;2*(H,6,7). The van der Waals surface area contributed by atoms with Gasteiger partial charge in [0, 0.05) is 49.2 Å². The fourth-order valence-electron chi connectivity index (χ4n) is 3.62. The maximum atomic E-state index is 10.6. The molecule has 0 aliphatic carbocycles. The summed E-state index contributed by atoms with van der Waals surface area (Å²) in [5, 5.41) is 19.7. The molecule has 2 aliphatic heterocycles. The van der Waals surface area contributed by atoms with Crippen LogP contribution in [0.5, 0.6) is 0 Å². The Morgan fingerprint density at radius 1 is 0.946 bits per heavy atom. The molecule has 8 nitrogen and oxygen atoms in total. The predicted molar refractivity (Wildman–Crippen MR) is 122 cm³/mol. The van der Waals surface area contributed by atoms with Crippen LogP contribution < -0.4 is 0 Å². The Morgan fingerprint density at radius 3 is 2.00 bits per heavy atom. The van der Waals surface area contributed by atoms with Crippen molar-refractivity contribution in [1.82, 2.24) is 14.8 Å². The van der Waals surface area contributed by atoms with Crippen LogP contribution in [0.3, 0.4) is 0 Å². The van der Waals surface area contributed by atoms with E-state index in [4.69, 9.17) is 24.5 Å². The zero-order valence-corrected chi connectivity index (χ0v) is 20.9. The number of carboxylic acids is 2. The molecule has 2 N–H and O–H groups in total. The molecule has 1 spiro atoms. The van der Waals surface area contributed by atoms with Gasteiger partial charge in [-0.3, -0.25) is 9.80 Å². The number of aromatic nitrogens is 1. The third kappa shape index (κ3) is 10.9. The number of piperidine rings is 1. The molecule has 0 radical (unpaired) electrons. The average Bonchev–Trinajstić information content (AvgIpc) is 3.50. The number of aliphatic carboxylic acids is 2. The second-order valence-electron chi connectivity index (χ2n) is 8.13. The van der Waals surface area contributed by atoms with Gasteiger partial charge >= 0.3 is 24.3 Å². The molecule has 2 saturated heterocycles. The van der Waals surface area contributed by atoms with Crippen LogP contribution in [0.25, 0.3) is 0 Å². The molecule has 2 aromatic rings. The van der Waals surface area contributed by atoms with Gasteiger partial charge in [0.25, 0.3) is 0 Å². The molecule has 37 heavy (non-hydrogen) atoms. The van der Waals surface area contributed by atoms with Gasteiger partial charge in [-0.25, -0.2) is 14.6 Å². The lowest BCUT2D eigenvalue weighted by Crippen LogP contribution is -2.56. The van der Waals surface area contributed by atoms with Crippen molar-refractivity contribution in [3.8, 4) is 0 Å². The van der Waals surface area contributed by atoms with Gasteiger partial charge in [0.1, 0.15) is 5.01 Å². The van der Waals surface area contributed by atoms with E-state index in [9.17, 15) is 26.3 Å². The Balaban J connectivity index is 0.000000286. The van der Waals surface area contributed by atoms with Crippen LogP contribution in [0.2, 0.25) is 0 Å². The number of halogens is 6. The van der Waals surface area contributed by atoms with Crippen LogP contribution in [0.1, 0.15) is 22.7 Å². The van der Waals surface area contributed by atoms with E-state index < -0.39 is 24.3 Å². The van der Waals surface area contributed by atoms with Gasteiger partial charge in [-0.1, -0.05) is 6.07 Å².